The first-order valence-corrected chi connectivity index (χ1v) is 10.2. The Morgan fingerprint density at radius 2 is 1.85 bits per heavy atom. The van der Waals surface area contributed by atoms with Crippen LogP contribution in [0.15, 0.2) is 52.2 Å². The molecule has 0 bridgehead atoms. The van der Waals surface area contributed by atoms with Crippen LogP contribution in [-0.4, -0.2) is 16.0 Å². The molecule has 2 fully saturated rings. The van der Waals surface area contributed by atoms with Crippen molar-refractivity contribution in [3.05, 3.63) is 69.6 Å². The van der Waals surface area contributed by atoms with E-state index in [-0.39, 0.29) is 11.5 Å². The van der Waals surface area contributed by atoms with Crippen LogP contribution in [0.2, 0.25) is 0 Å². The van der Waals surface area contributed by atoms with Crippen LogP contribution in [-0.2, 0) is 4.79 Å². The molecule has 3 nitrogen and oxygen atoms in total. The zero-order valence-corrected chi connectivity index (χ0v) is 15.8. The van der Waals surface area contributed by atoms with Crippen molar-refractivity contribution in [2.75, 3.05) is 0 Å². The van der Waals surface area contributed by atoms with E-state index in [1.165, 1.54) is 17.7 Å². The van der Waals surface area contributed by atoms with Gasteiger partial charge in [-0.2, -0.15) is 0 Å². The molecule has 2 aliphatic rings. The minimum atomic E-state index is -0.0585. The lowest BCUT2D eigenvalue weighted by Crippen LogP contribution is -2.11. The topological polar surface area (TPSA) is 49.9 Å². The summed E-state index contributed by atoms with van der Waals surface area (Å²) >= 11 is 1.94. The third-order valence-corrected chi connectivity index (χ3v) is 6.42. The van der Waals surface area contributed by atoms with Crippen LogP contribution in [0.4, 0.5) is 0 Å². The van der Waals surface area contributed by atoms with Gasteiger partial charge in [0.15, 0.2) is 0 Å². The molecule has 1 aromatic carbocycles. The Kier molecular flexibility index (Phi) is 4.86. The average Bonchev–Trinajstić information content (AvgIpc) is 3.35. The van der Waals surface area contributed by atoms with Crippen LogP contribution < -0.4 is 5.56 Å². The largest absolute Gasteiger partial charge is 0.322 e. The van der Waals surface area contributed by atoms with Gasteiger partial charge in [-0.05, 0) is 55.9 Å². The second kappa shape index (κ2) is 7.28. The molecule has 0 saturated heterocycles. The minimum Gasteiger partial charge on any atom is -0.322 e. The van der Waals surface area contributed by atoms with Gasteiger partial charge in [-0.25, -0.2) is 0 Å². The maximum absolute atomic E-state index is 12.1. The number of hydrogen-bond acceptors (Lipinski definition) is 3. The number of aromatic nitrogens is 1. The molecular weight excluding hydrogens is 342 g/mol. The summed E-state index contributed by atoms with van der Waals surface area (Å²) in [6.07, 6.45) is 6.98. The van der Waals surface area contributed by atoms with Gasteiger partial charge in [-0.1, -0.05) is 24.3 Å². The van der Waals surface area contributed by atoms with E-state index in [1.54, 1.807) is 0 Å². The Bertz CT molecular complexity index is 906. The lowest BCUT2D eigenvalue weighted by Gasteiger charge is -2.12. The number of thioether (sulfide) groups is 1. The first-order chi connectivity index (χ1) is 12.6. The molecule has 0 spiro atoms. The molecule has 0 aliphatic heterocycles. The summed E-state index contributed by atoms with van der Waals surface area (Å²) in [5.74, 6) is 0.585. The highest BCUT2D eigenvalue weighted by atomic mass is 32.2. The number of carbonyl (C=O) groups excluding carboxylic acids is 1. The zero-order chi connectivity index (χ0) is 18.1. The van der Waals surface area contributed by atoms with Crippen molar-refractivity contribution in [2.45, 2.75) is 49.2 Å². The van der Waals surface area contributed by atoms with Gasteiger partial charge in [-0.3, -0.25) is 9.59 Å². The van der Waals surface area contributed by atoms with Gasteiger partial charge in [0.05, 0.1) is 0 Å². The molecule has 4 rings (SSSR count). The quantitative estimate of drug-likeness (QED) is 0.833. The van der Waals surface area contributed by atoms with E-state index < -0.39 is 0 Å². The molecule has 0 amide bonds. The number of rotatable bonds is 5. The van der Waals surface area contributed by atoms with Gasteiger partial charge in [0.2, 0.25) is 0 Å². The normalized spacial score (nSPS) is 20.6. The molecule has 1 N–H and O–H groups in total. The first kappa shape index (κ1) is 17.3. The van der Waals surface area contributed by atoms with Crippen LogP contribution in [0.25, 0.3) is 5.57 Å². The number of nitrogens with one attached hydrogen (secondary N) is 1. The Morgan fingerprint density at radius 3 is 2.46 bits per heavy atom. The number of H-pyrrole nitrogens is 1. The number of benzene rings is 1. The van der Waals surface area contributed by atoms with Crippen molar-refractivity contribution >= 4 is 23.1 Å². The monoisotopic (exact) mass is 365 g/mol. The Balaban J connectivity index is 1.69. The molecule has 26 heavy (non-hydrogen) atoms. The number of hydrogen-bond donors (Lipinski definition) is 1. The molecule has 1 aromatic heterocycles. The van der Waals surface area contributed by atoms with Crippen molar-refractivity contribution < 1.29 is 4.79 Å². The maximum Gasteiger partial charge on any atom is 0.251 e. The van der Waals surface area contributed by atoms with E-state index in [0.29, 0.717) is 24.2 Å². The summed E-state index contributed by atoms with van der Waals surface area (Å²) in [7, 11) is 0. The van der Waals surface area contributed by atoms with Crippen LogP contribution in [0.5, 0.6) is 0 Å². The van der Waals surface area contributed by atoms with Crippen LogP contribution in [0, 0.1) is 12.8 Å². The summed E-state index contributed by atoms with van der Waals surface area (Å²) in [4.78, 5) is 28.1. The summed E-state index contributed by atoms with van der Waals surface area (Å²) in [6.45, 7) is 1.81. The van der Waals surface area contributed by atoms with Gasteiger partial charge in [-0.15, -0.1) is 11.8 Å². The number of pyridine rings is 1. The highest BCUT2D eigenvalue weighted by Crippen LogP contribution is 2.39. The number of carbonyl (C=O) groups is 1. The molecule has 2 aromatic rings. The third-order valence-electron chi connectivity index (χ3n) is 5.08. The van der Waals surface area contributed by atoms with E-state index in [0.717, 1.165) is 28.5 Å². The van der Waals surface area contributed by atoms with Crippen LogP contribution in [0.3, 0.4) is 0 Å². The fourth-order valence-electron chi connectivity index (χ4n) is 3.36. The standard InChI is InChI=1S/C22H23NO2S/c1-14-2-11-21(23-22(14)25)20(13-15-3-6-17(24)12-15)16-4-7-18(8-5-16)26-19-9-10-19/h2,4-5,7-8,11,13,15,19H,3,6,9-10,12H2,1H3,(H,23,25)/t15-/m0/s1. The predicted octanol–water partition coefficient (Wildman–Crippen LogP) is 4.74. The van der Waals surface area contributed by atoms with E-state index >= 15 is 0 Å². The average molecular weight is 365 g/mol. The number of Topliss-reactive ketones (excluding diaryl/α,β-unsaturated/α-hetero) is 1. The smallest absolute Gasteiger partial charge is 0.251 e. The van der Waals surface area contributed by atoms with E-state index in [9.17, 15) is 9.59 Å². The van der Waals surface area contributed by atoms with Gasteiger partial charge >= 0.3 is 0 Å². The van der Waals surface area contributed by atoms with Gasteiger partial charge in [0.25, 0.3) is 5.56 Å². The van der Waals surface area contributed by atoms with Crippen molar-refractivity contribution in [3.8, 4) is 0 Å². The molecule has 2 saturated carbocycles. The number of aromatic amines is 1. The molecule has 0 radical (unpaired) electrons. The lowest BCUT2D eigenvalue weighted by atomic mass is 9.96. The van der Waals surface area contributed by atoms with Crippen molar-refractivity contribution in [3.63, 3.8) is 0 Å². The zero-order valence-electron chi connectivity index (χ0n) is 15.0. The molecule has 1 atom stereocenters. The molecule has 1 heterocycles. The molecule has 2 aliphatic carbocycles. The summed E-state index contributed by atoms with van der Waals surface area (Å²) in [6, 6.07) is 12.4. The van der Waals surface area contributed by atoms with E-state index in [2.05, 4.69) is 35.3 Å². The fraction of sp³-hybridized carbons (Fsp3) is 0.364. The molecular formula is C22H23NO2S. The highest BCUT2D eigenvalue weighted by Gasteiger charge is 2.23. The fourth-order valence-corrected chi connectivity index (χ4v) is 4.41. The van der Waals surface area contributed by atoms with Crippen molar-refractivity contribution in [1.29, 1.82) is 0 Å². The molecule has 134 valence electrons. The Hall–Kier alpha value is -2.07. The number of allylic oxidation sites excluding steroid dienone is 1. The van der Waals surface area contributed by atoms with Crippen LogP contribution >= 0.6 is 11.8 Å². The number of ketones is 1. The second-order valence-corrected chi connectivity index (χ2v) is 8.72. The Labute approximate surface area is 157 Å². The maximum atomic E-state index is 12.1. The highest BCUT2D eigenvalue weighted by molar-refractivity contribution is 8.00. The molecule has 4 heteroatoms. The SMILES string of the molecule is Cc1ccc(C(=C[C@H]2CCC(=O)C2)c2ccc(SC3CC3)cc2)[nH]c1=O. The van der Waals surface area contributed by atoms with Crippen LogP contribution in [0.1, 0.15) is 48.9 Å². The summed E-state index contributed by atoms with van der Waals surface area (Å²) in [5.41, 5.74) is 3.58. The third kappa shape index (κ3) is 4.01. The van der Waals surface area contributed by atoms with Crippen molar-refractivity contribution in [1.82, 2.24) is 4.98 Å². The van der Waals surface area contributed by atoms with Crippen molar-refractivity contribution in [2.24, 2.45) is 5.92 Å². The van der Waals surface area contributed by atoms with E-state index in [1.807, 2.05) is 30.8 Å². The van der Waals surface area contributed by atoms with Gasteiger partial charge < -0.3 is 4.98 Å². The summed E-state index contributed by atoms with van der Waals surface area (Å²) < 4.78 is 0. The lowest BCUT2D eigenvalue weighted by molar-refractivity contribution is -0.117. The van der Waals surface area contributed by atoms with Gasteiger partial charge in [0, 0.05) is 39.8 Å². The summed E-state index contributed by atoms with van der Waals surface area (Å²) in [5, 5.41) is 0.786. The second-order valence-electron chi connectivity index (χ2n) is 7.35. The minimum absolute atomic E-state index is 0.0585. The Morgan fingerprint density at radius 1 is 1.08 bits per heavy atom. The first-order valence-electron chi connectivity index (χ1n) is 9.29. The van der Waals surface area contributed by atoms with Gasteiger partial charge in [0.1, 0.15) is 5.78 Å². The predicted molar refractivity (Wildman–Crippen MR) is 107 cm³/mol. The number of aryl methyl sites for hydroxylation is 1. The van der Waals surface area contributed by atoms with E-state index in [4.69, 9.17) is 0 Å². The molecule has 0 unspecified atom stereocenters.